The first-order valence-corrected chi connectivity index (χ1v) is 18.3. The number of hydrogen-bond acceptors (Lipinski definition) is 3. The van der Waals surface area contributed by atoms with Crippen LogP contribution in [0, 0.1) is 5.92 Å². The molecule has 0 aliphatic carbocycles. The second-order valence-corrected chi connectivity index (χ2v) is 14.0. The average molecular weight is 687 g/mol. The average Bonchev–Trinajstić information content (AvgIpc) is 4.04. The minimum absolute atomic E-state index is 0.0774. The predicted octanol–water partition coefficient (Wildman–Crippen LogP) is 11.8. The Hall–Kier alpha value is -6.59. The summed E-state index contributed by atoms with van der Waals surface area (Å²) < 4.78 is 0. The van der Waals surface area contributed by atoms with Crippen LogP contribution >= 0.6 is 0 Å². The van der Waals surface area contributed by atoms with Crippen molar-refractivity contribution in [2.24, 2.45) is 5.92 Å². The van der Waals surface area contributed by atoms with Crippen molar-refractivity contribution in [3.05, 3.63) is 168 Å². The summed E-state index contributed by atoms with van der Waals surface area (Å²) >= 11 is 0. The van der Waals surface area contributed by atoms with Crippen LogP contribution < -0.4 is 0 Å². The maximum atomic E-state index is 12.9. The number of Topliss-reactive ketones (excluding diaryl/α,β-unsaturated/α-hetero) is 1. The van der Waals surface area contributed by atoms with E-state index in [1.165, 1.54) is 0 Å². The van der Waals surface area contributed by atoms with Gasteiger partial charge in [-0.2, -0.15) is 0 Å². The van der Waals surface area contributed by atoms with E-state index in [0.29, 0.717) is 5.56 Å². The Bertz CT molecular complexity index is 2690. The fourth-order valence-electron chi connectivity index (χ4n) is 7.67. The molecule has 0 saturated carbocycles. The highest BCUT2D eigenvalue weighted by molar-refractivity contribution is 6.00. The summed E-state index contributed by atoms with van der Waals surface area (Å²) in [4.78, 5) is 31.4. The van der Waals surface area contributed by atoms with Crippen molar-refractivity contribution in [3.8, 4) is 44.5 Å². The van der Waals surface area contributed by atoms with E-state index in [0.717, 1.165) is 102 Å². The standard InChI is InChI=1S/C48H38N4O/c1-30(2)48(53)35-20-18-34(19-21-35)47-42-28-26-40(51-42)45(32-14-8-4-9-15-32)38-24-22-36(49-38)44(31-12-6-3-7-13-31)37-23-25-39(50-37)46(33-16-10-5-11-17-33)41-27-29-43(47)52-41/h3-22,24,26-30,49,52H,23,25H2,1-2H3. The third kappa shape index (κ3) is 6.00. The number of hydrogen-bond donors (Lipinski definition) is 2. The van der Waals surface area contributed by atoms with E-state index in [-0.39, 0.29) is 11.7 Å². The topological polar surface area (TPSA) is 74.4 Å². The smallest absolute Gasteiger partial charge is 0.165 e. The predicted molar refractivity (Wildman–Crippen MR) is 218 cm³/mol. The van der Waals surface area contributed by atoms with Crippen LogP contribution in [0.4, 0.5) is 0 Å². The Morgan fingerprint density at radius 2 is 0.849 bits per heavy atom. The second kappa shape index (κ2) is 13.5. The summed E-state index contributed by atoms with van der Waals surface area (Å²) in [5.41, 5.74) is 16.9. The monoisotopic (exact) mass is 686 g/mol. The van der Waals surface area contributed by atoms with Crippen LogP contribution in [-0.4, -0.2) is 25.7 Å². The van der Waals surface area contributed by atoms with E-state index >= 15 is 0 Å². The molecule has 0 amide bonds. The van der Waals surface area contributed by atoms with Gasteiger partial charge in [0.1, 0.15) is 0 Å². The normalized spacial score (nSPS) is 12.4. The quantitative estimate of drug-likeness (QED) is 0.171. The van der Waals surface area contributed by atoms with Crippen molar-refractivity contribution in [2.45, 2.75) is 26.7 Å². The van der Waals surface area contributed by atoms with Crippen LogP contribution in [0.2, 0.25) is 0 Å². The van der Waals surface area contributed by atoms with Crippen molar-refractivity contribution < 1.29 is 4.79 Å². The molecule has 2 N–H and O–H groups in total. The maximum Gasteiger partial charge on any atom is 0.165 e. The van der Waals surface area contributed by atoms with Gasteiger partial charge in [0.2, 0.25) is 0 Å². The van der Waals surface area contributed by atoms with Crippen LogP contribution in [-0.2, 0) is 12.8 Å². The summed E-state index contributed by atoms with van der Waals surface area (Å²) in [6, 6.07) is 48.2. The molecule has 9 rings (SSSR count). The zero-order valence-corrected chi connectivity index (χ0v) is 29.7. The molecule has 4 aromatic carbocycles. The molecule has 8 bridgehead atoms. The molecule has 7 aromatic rings. The van der Waals surface area contributed by atoms with Gasteiger partial charge in [-0.1, -0.05) is 129 Å². The number of ketones is 1. The molecule has 3 aromatic heterocycles. The molecular formula is C48H38N4O. The van der Waals surface area contributed by atoms with E-state index in [1.54, 1.807) is 0 Å². The number of rotatable bonds is 6. The van der Waals surface area contributed by atoms with Gasteiger partial charge in [-0.3, -0.25) is 9.78 Å². The lowest BCUT2D eigenvalue weighted by atomic mass is 9.97. The fourth-order valence-corrected chi connectivity index (χ4v) is 7.67. The van der Waals surface area contributed by atoms with E-state index in [1.807, 2.05) is 44.2 Å². The zero-order valence-electron chi connectivity index (χ0n) is 29.7. The number of aromatic amines is 2. The Balaban J connectivity index is 1.43. The number of nitrogens with one attached hydrogen (secondary N) is 2. The van der Waals surface area contributed by atoms with E-state index < -0.39 is 0 Å². The van der Waals surface area contributed by atoms with Gasteiger partial charge < -0.3 is 9.97 Å². The lowest BCUT2D eigenvalue weighted by Gasteiger charge is -2.08. The van der Waals surface area contributed by atoms with Crippen molar-refractivity contribution in [3.63, 3.8) is 0 Å². The van der Waals surface area contributed by atoms with Crippen molar-refractivity contribution >= 4 is 40.0 Å². The number of aromatic nitrogens is 4. The van der Waals surface area contributed by atoms with E-state index in [4.69, 9.17) is 9.97 Å². The maximum absolute atomic E-state index is 12.9. The third-order valence-corrected chi connectivity index (χ3v) is 10.2. The lowest BCUT2D eigenvalue weighted by molar-refractivity contribution is 0.0939. The van der Waals surface area contributed by atoms with Gasteiger partial charge in [0.25, 0.3) is 0 Å². The minimum Gasteiger partial charge on any atom is -0.354 e. The van der Waals surface area contributed by atoms with Gasteiger partial charge in [0, 0.05) is 55.8 Å². The molecular weight excluding hydrogens is 649 g/mol. The number of aryl methyl sites for hydroxylation is 2. The molecule has 2 aliphatic rings. The van der Waals surface area contributed by atoms with Gasteiger partial charge in [0.05, 0.1) is 22.8 Å². The molecule has 53 heavy (non-hydrogen) atoms. The Kier molecular flexibility index (Phi) is 8.24. The number of nitrogens with zero attached hydrogens (tertiary/aromatic N) is 2. The first-order chi connectivity index (χ1) is 26.0. The van der Waals surface area contributed by atoms with Crippen LogP contribution in [0.15, 0.2) is 140 Å². The Morgan fingerprint density at radius 1 is 0.472 bits per heavy atom. The van der Waals surface area contributed by atoms with Gasteiger partial charge >= 0.3 is 0 Å². The molecule has 0 unspecified atom stereocenters. The van der Waals surface area contributed by atoms with Crippen molar-refractivity contribution in [1.29, 1.82) is 0 Å². The molecule has 0 spiro atoms. The third-order valence-electron chi connectivity index (χ3n) is 10.2. The van der Waals surface area contributed by atoms with Gasteiger partial charge in [-0.15, -0.1) is 0 Å². The molecule has 256 valence electrons. The lowest BCUT2D eigenvalue weighted by Crippen LogP contribution is -2.06. The highest BCUT2D eigenvalue weighted by Gasteiger charge is 2.21. The molecule has 5 nitrogen and oxygen atoms in total. The fraction of sp³-hybridized carbons (Fsp3) is 0.104. The number of fused-ring (bicyclic) bond motifs is 8. The summed E-state index contributed by atoms with van der Waals surface area (Å²) in [5.74, 6) is 0.0533. The highest BCUT2D eigenvalue weighted by Crippen LogP contribution is 2.38. The van der Waals surface area contributed by atoms with Gasteiger partial charge in [0.15, 0.2) is 5.78 Å². The zero-order chi connectivity index (χ0) is 35.9. The van der Waals surface area contributed by atoms with E-state index in [2.05, 4.69) is 131 Å². The molecule has 5 heterocycles. The van der Waals surface area contributed by atoms with Gasteiger partial charge in [-0.25, -0.2) is 4.98 Å². The summed E-state index contributed by atoms with van der Waals surface area (Å²) in [6.07, 6.45) is 5.85. The molecule has 0 atom stereocenters. The number of carbonyl (C=O) groups is 1. The molecule has 2 aliphatic heterocycles. The van der Waals surface area contributed by atoms with Crippen LogP contribution in [0.3, 0.4) is 0 Å². The SMILES string of the molecule is CC(C)C(=O)c1ccc(-c2c3nc(c(-c4ccccc4)c4ccc([nH]4)c(-c4ccccc4)c4nc(c(-c5ccccc5)c5ccc2[nH]5)CC4)C=C3)cc1. The van der Waals surface area contributed by atoms with Crippen LogP contribution in [0.25, 0.3) is 78.7 Å². The summed E-state index contributed by atoms with van der Waals surface area (Å²) in [7, 11) is 0. The first kappa shape index (κ1) is 32.3. The Labute approximate surface area is 308 Å². The van der Waals surface area contributed by atoms with Crippen LogP contribution in [0.5, 0.6) is 0 Å². The first-order valence-electron chi connectivity index (χ1n) is 18.3. The number of carbonyl (C=O) groups excluding carboxylic acids is 1. The van der Waals surface area contributed by atoms with Gasteiger partial charge in [-0.05, 0) is 71.5 Å². The van der Waals surface area contributed by atoms with E-state index in [9.17, 15) is 4.79 Å². The molecule has 0 fully saturated rings. The molecule has 5 heteroatoms. The number of H-pyrrole nitrogens is 2. The molecule has 0 radical (unpaired) electrons. The second-order valence-electron chi connectivity index (χ2n) is 14.0. The highest BCUT2D eigenvalue weighted by atomic mass is 16.1. The minimum atomic E-state index is -0.0774. The summed E-state index contributed by atoms with van der Waals surface area (Å²) in [5, 5.41) is 0. The molecule has 0 saturated heterocycles. The summed E-state index contributed by atoms with van der Waals surface area (Å²) in [6.45, 7) is 3.88. The largest absolute Gasteiger partial charge is 0.354 e. The van der Waals surface area contributed by atoms with Crippen molar-refractivity contribution in [1.82, 2.24) is 19.9 Å². The Morgan fingerprint density at radius 3 is 1.26 bits per heavy atom. The number of benzene rings is 4. The van der Waals surface area contributed by atoms with Crippen molar-refractivity contribution in [2.75, 3.05) is 0 Å². The van der Waals surface area contributed by atoms with Crippen LogP contribution in [0.1, 0.15) is 47.0 Å².